The number of hydrogen-bond acceptors (Lipinski definition) is 2. The van der Waals surface area contributed by atoms with Crippen molar-refractivity contribution in [3.63, 3.8) is 0 Å². The molecule has 0 radical (unpaired) electrons. The normalized spacial score (nSPS) is 19.8. The molecule has 3 nitrogen and oxygen atoms in total. The van der Waals surface area contributed by atoms with Crippen LogP contribution in [0.25, 0.3) is 0 Å². The zero-order valence-corrected chi connectivity index (χ0v) is 7.37. The SMILES string of the molecule is CCc1cccc2c1NC(=O)C2O. The zero-order valence-electron chi connectivity index (χ0n) is 7.37. The van der Waals surface area contributed by atoms with E-state index in [4.69, 9.17) is 0 Å². The number of carbonyl (C=O) groups is 1. The van der Waals surface area contributed by atoms with Crippen molar-refractivity contribution in [2.24, 2.45) is 0 Å². The lowest BCUT2D eigenvalue weighted by Crippen LogP contribution is -2.10. The molecule has 0 spiro atoms. The highest BCUT2D eigenvalue weighted by Gasteiger charge is 2.29. The van der Waals surface area contributed by atoms with Crippen LogP contribution >= 0.6 is 0 Å². The second-order valence-electron chi connectivity index (χ2n) is 3.13. The first-order chi connectivity index (χ1) is 6.24. The Hall–Kier alpha value is -1.35. The average Bonchev–Trinajstić information content (AvgIpc) is 2.43. The van der Waals surface area contributed by atoms with E-state index in [9.17, 15) is 9.90 Å². The number of aliphatic hydroxyl groups excluding tert-OH is 1. The van der Waals surface area contributed by atoms with Crippen molar-refractivity contribution in [3.05, 3.63) is 29.3 Å². The summed E-state index contributed by atoms with van der Waals surface area (Å²) in [6, 6.07) is 5.59. The molecule has 68 valence electrons. The minimum atomic E-state index is -0.985. The highest BCUT2D eigenvalue weighted by molar-refractivity contribution is 6.02. The number of benzene rings is 1. The fourth-order valence-corrected chi connectivity index (χ4v) is 1.63. The van der Waals surface area contributed by atoms with Crippen LogP contribution in [0.2, 0.25) is 0 Å². The van der Waals surface area contributed by atoms with Crippen LogP contribution in [0.5, 0.6) is 0 Å². The molecule has 1 heterocycles. The topological polar surface area (TPSA) is 49.3 Å². The Kier molecular flexibility index (Phi) is 1.81. The van der Waals surface area contributed by atoms with E-state index >= 15 is 0 Å². The van der Waals surface area contributed by atoms with Crippen LogP contribution in [-0.4, -0.2) is 11.0 Å². The third-order valence-corrected chi connectivity index (χ3v) is 2.36. The molecule has 1 aromatic carbocycles. The van der Waals surface area contributed by atoms with E-state index in [0.717, 1.165) is 17.7 Å². The van der Waals surface area contributed by atoms with Crippen LogP contribution in [0.15, 0.2) is 18.2 Å². The summed E-state index contributed by atoms with van der Waals surface area (Å²) < 4.78 is 0. The van der Waals surface area contributed by atoms with Gasteiger partial charge in [-0.2, -0.15) is 0 Å². The number of anilines is 1. The van der Waals surface area contributed by atoms with Crippen molar-refractivity contribution < 1.29 is 9.90 Å². The lowest BCUT2D eigenvalue weighted by Gasteiger charge is -2.04. The van der Waals surface area contributed by atoms with Crippen molar-refractivity contribution in [3.8, 4) is 0 Å². The van der Waals surface area contributed by atoms with E-state index in [1.165, 1.54) is 0 Å². The molecule has 0 saturated heterocycles. The molecule has 1 amide bonds. The standard InChI is InChI=1S/C10H11NO2/c1-2-6-4-3-5-7-8(6)11-10(13)9(7)12/h3-5,9,12H,2H2,1H3,(H,11,13). The minimum absolute atomic E-state index is 0.323. The quantitative estimate of drug-likeness (QED) is 0.678. The highest BCUT2D eigenvalue weighted by atomic mass is 16.3. The molecule has 2 N–H and O–H groups in total. The van der Waals surface area contributed by atoms with Gasteiger partial charge in [-0.05, 0) is 12.0 Å². The van der Waals surface area contributed by atoms with Gasteiger partial charge in [0, 0.05) is 5.56 Å². The van der Waals surface area contributed by atoms with E-state index in [2.05, 4.69) is 5.32 Å². The van der Waals surface area contributed by atoms with Gasteiger partial charge >= 0.3 is 0 Å². The Balaban J connectivity index is 2.55. The molecule has 1 aliphatic rings. The molecule has 13 heavy (non-hydrogen) atoms. The van der Waals surface area contributed by atoms with Crippen LogP contribution in [0.1, 0.15) is 24.2 Å². The third kappa shape index (κ3) is 1.12. The summed E-state index contributed by atoms with van der Waals surface area (Å²) in [5, 5.41) is 12.1. The zero-order chi connectivity index (χ0) is 9.42. The molecule has 0 aromatic heterocycles. The lowest BCUT2D eigenvalue weighted by atomic mass is 10.0. The Morgan fingerprint density at radius 2 is 2.31 bits per heavy atom. The minimum Gasteiger partial charge on any atom is -0.378 e. The molecule has 0 bridgehead atoms. The molecule has 0 saturated carbocycles. The van der Waals surface area contributed by atoms with E-state index < -0.39 is 6.10 Å². The van der Waals surface area contributed by atoms with Crippen LogP contribution in [0.3, 0.4) is 0 Å². The van der Waals surface area contributed by atoms with Crippen LogP contribution in [-0.2, 0) is 11.2 Å². The smallest absolute Gasteiger partial charge is 0.257 e. The Morgan fingerprint density at radius 3 is 3.00 bits per heavy atom. The van der Waals surface area contributed by atoms with Gasteiger partial charge in [0.05, 0.1) is 5.69 Å². The van der Waals surface area contributed by atoms with Crippen LogP contribution in [0.4, 0.5) is 5.69 Å². The summed E-state index contributed by atoms with van der Waals surface area (Å²) >= 11 is 0. The Labute approximate surface area is 76.4 Å². The van der Waals surface area contributed by atoms with E-state index in [-0.39, 0.29) is 5.91 Å². The number of para-hydroxylation sites is 1. The molecule has 1 atom stereocenters. The van der Waals surface area contributed by atoms with Crippen molar-refractivity contribution in [1.82, 2.24) is 0 Å². The summed E-state index contributed by atoms with van der Waals surface area (Å²) in [4.78, 5) is 11.1. The van der Waals surface area contributed by atoms with Gasteiger partial charge in [-0.25, -0.2) is 0 Å². The number of rotatable bonds is 1. The summed E-state index contributed by atoms with van der Waals surface area (Å²) in [5.74, 6) is -0.323. The van der Waals surface area contributed by atoms with Gasteiger partial charge in [-0.15, -0.1) is 0 Å². The van der Waals surface area contributed by atoms with Crippen molar-refractivity contribution >= 4 is 11.6 Å². The van der Waals surface area contributed by atoms with Gasteiger partial charge in [-0.3, -0.25) is 4.79 Å². The molecular weight excluding hydrogens is 166 g/mol. The summed E-state index contributed by atoms with van der Waals surface area (Å²) in [6.45, 7) is 2.02. The monoisotopic (exact) mass is 177 g/mol. The molecule has 3 heteroatoms. The predicted molar refractivity (Wildman–Crippen MR) is 49.4 cm³/mol. The summed E-state index contributed by atoms with van der Waals surface area (Å²) in [5.41, 5.74) is 2.56. The fraction of sp³-hybridized carbons (Fsp3) is 0.300. The number of aryl methyl sites for hydroxylation is 1. The highest BCUT2D eigenvalue weighted by Crippen LogP contribution is 2.33. The molecule has 1 unspecified atom stereocenters. The average molecular weight is 177 g/mol. The van der Waals surface area contributed by atoms with E-state index in [1.54, 1.807) is 6.07 Å². The van der Waals surface area contributed by atoms with Gasteiger partial charge in [0.25, 0.3) is 5.91 Å². The van der Waals surface area contributed by atoms with Crippen molar-refractivity contribution in [2.75, 3.05) is 5.32 Å². The molecule has 0 aliphatic carbocycles. The molecule has 1 aliphatic heterocycles. The Morgan fingerprint density at radius 1 is 1.54 bits per heavy atom. The molecular formula is C10H11NO2. The second kappa shape index (κ2) is 2.85. The first kappa shape index (κ1) is 8.26. The lowest BCUT2D eigenvalue weighted by molar-refractivity contribution is -0.123. The number of amides is 1. The predicted octanol–water partition coefficient (Wildman–Crippen LogP) is 1.23. The molecule has 2 rings (SSSR count). The number of aliphatic hydroxyl groups is 1. The molecule has 0 fully saturated rings. The number of nitrogens with one attached hydrogen (secondary N) is 1. The second-order valence-corrected chi connectivity index (χ2v) is 3.13. The number of carbonyl (C=O) groups excluding carboxylic acids is 1. The number of fused-ring (bicyclic) bond motifs is 1. The summed E-state index contributed by atoms with van der Waals surface area (Å²) in [7, 11) is 0. The van der Waals surface area contributed by atoms with E-state index in [0.29, 0.717) is 5.56 Å². The third-order valence-electron chi connectivity index (χ3n) is 2.36. The number of hydrogen-bond donors (Lipinski definition) is 2. The van der Waals surface area contributed by atoms with Gasteiger partial charge < -0.3 is 10.4 Å². The van der Waals surface area contributed by atoms with Crippen molar-refractivity contribution in [1.29, 1.82) is 0 Å². The van der Waals surface area contributed by atoms with Gasteiger partial charge in [-0.1, -0.05) is 25.1 Å². The first-order valence-electron chi connectivity index (χ1n) is 4.34. The van der Waals surface area contributed by atoms with Crippen LogP contribution < -0.4 is 5.32 Å². The van der Waals surface area contributed by atoms with Gasteiger partial charge in [0.15, 0.2) is 6.10 Å². The first-order valence-corrected chi connectivity index (χ1v) is 4.34. The van der Waals surface area contributed by atoms with Crippen molar-refractivity contribution in [2.45, 2.75) is 19.4 Å². The maximum atomic E-state index is 11.1. The summed E-state index contributed by atoms with van der Waals surface area (Å²) in [6.07, 6.45) is -0.127. The Bertz CT molecular complexity index is 360. The van der Waals surface area contributed by atoms with Gasteiger partial charge in [0.2, 0.25) is 0 Å². The maximum Gasteiger partial charge on any atom is 0.257 e. The van der Waals surface area contributed by atoms with E-state index in [1.807, 2.05) is 19.1 Å². The fourth-order valence-electron chi connectivity index (χ4n) is 1.63. The molecule has 1 aromatic rings. The maximum absolute atomic E-state index is 11.1. The largest absolute Gasteiger partial charge is 0.378 e. The van der Waals surface area contributed by atoms with Crippen LogP contribution in [0, 0.1) is 0 Å². The van der Waals surface area contributed by atoms with Gasteiger partial charge in [0.1, 0.15) is 0 Å².